The molecule has 0 bridgehead atoms. The van der Waals surface area contributed by atoms with Crippen molar-refractivity contribution in [3.8, 4) is 0 Å². The second-order valence-electron chi connectivity index (χ2n) is 9.74. The van der Waals surface area contributed by atoms with Crippen molar-refractivity contribution in [1.29, 1.82) is 0 Å². The van der Waals surface area contributed by atoms with E-state index in [4.69, 9.17) is 0 Å². The number of thiophene rings is 1. The van der Waals surface area contributed by atoms with E-state index in [1.165, 1.54) is 11.3 Å². The van der Waals surface area contributed by atoms with Gasteiger partial charge in [0.1, 0.15) is 11.0 Å². The molecular weight excluding hydrogens is 446 g/mol. The topological polar surface area (TPSA) is 78.5 Å². The molecule has 34 heavy (non-hydrogen) atoms. The Labute approximate surface area is 201 Å². The summed E-state index contributed by atoms with van der Waals surface area (Å²) in [5.74, 6) is -1.20. The quantitative estimate of drug-likeness (QED) is 0.555. The van der Waals surface area contributed by atoms with Crippen molar-refractivity contribution in [2.45, 2.75) is 36.8 Å². The van der Waals surface area contributed by atoms with Gasteiger partial charge >= 0.3 is 0 Å². The van der Waals surface area contributed by atoms with E-state index in [1.54, 1.807) is 0 Å². The van der Waals surface area contributed by atoms with Crippen LogP contribution in [-0.2, 0) is 20.5 Å². The van der Waals surface area contributed by atoms with Crippen LogP contribution in [0.4, 0.5) is 11.4 Å². The monoisotopic (exact) mass is 469 g/mol. The van der Waals surface area contributed by atoms with Gasteiger partial charge in [0.15, 0.2) is 5.78 Å². The van der Waals surface area contributed by atoms with Crippen LogP contribution in [0.5, 0.6) is 0 Å². The van der Waals surface area contributed by atoms with Crippen molar-refractivity contribution < 1.29 is 14.4 Å². The van der Waals surface area contributed by atoms with Crippen molar-refractivity contribution in [2.24, 2.45) is 5.92 Å². The first-order valence-electron chi connectivity index (χ1n) is 11.7. The smallest absolute Gasteiger partial charge is 0.251 e. The molecule has 7 rings (SSSR count). The molecule has 6 nitrogen and oxygen atoms in total. The number of nitrogens with zero attached hydrogens (tertiary/aromatic N) is 1. The number of rotatable bonds is 2. The van der Waals surface area contributed by atoms with Gasteiger partial charge in [0.2, 0.25) is 5.91 Å². The normalized spacial score (nSPS) is 31.0. The number of anilines is 2. The largest absolute Gasteiger partial charge is 0.325 e. The van der Waals surface area contributed by atoms with Gasteiger partial charge in [0.25, 0.3) is 5.91 Å². The molecule has 2 saturated heterocycles. The van der Waals surface area contributed by atoms with Crippen LogP contribution in [0.25, 0.3) is 0 Å². The molecule has 3 aromatic rings. The fourth-order valence-corrected chi connectivity index (χ4v) is 7.97. The Morgan fingerprint density at radius 3 is 2.62 bits per heavy atom. The Morgan fingerprint density at radius 1 is 1.00 bits per heavy atom. The predicted molar refractivity (Wildman–Crippen MR) is 130 cm³/mol. The highest BCUT2D eigenvalue weighted by Crippen LogP contribution is 2.67. The average Bonchev–Trinajstić information content (AvgIpc) is 3.62. The number of hydrogen-bond donors (Lipinski definition) is 2. The molecule has 170 valence electrons. The van der Waals surface area contributed by atoms with Crippen molar-refractivity contribution >= 4 is 40.3 Å². The number of ketones is 1. The minimum atomic E-state index is -1.36. The van der Waals surface area contributed by atoms with E-state index < -0.39 is 16.9 Å². The number of amides is 2. The number of carbonyl (C=O) groups excluding carboxylic acids is 3. The lowest BCUT2D eigenvalue weighted by Gasteiger charge is -2.43. The lowest BCUT2D eigenvalue weighted by atomic mass is 9.57. The summed E-state index contributed by atoms with van der Waals surface area (Å²) in [5.41, 5.74) is 1.32. The van der Waals surface area contributed by atoms with Crippen LogP contribution < -0.4 is 10.6 Å². The molecular formula is C27H23N3O3S. The third kappa shape index (κ3) is 2.09. The van der Waals surface area contributed by atoms with Crippen LogP contribution in [-0.4, -0.2) is 35.1 Å². The summed E-state index contributed by atoms with van der Waals surface area (Å²) in [7, 11) is 0. The van der Waals surface area contributed by atoms with Gasteiger partial charge in [-0.25, -0.2) is 0 Å². The van der Waals surface area contributed by atoms with E-state index in [-0.39, 0.29) is 23.6 Å². The molecule has 0 radical (unpaired) electrons. The number of benzene rings is 2. The maximum absolute atomic E-state index is 14.3. The maximum atomic E-state index is 14.3. The molecule has 1 aromatic heterocycles. The molecule has 0 aliphatic carbocycles. The van der Waals surface area contributed by atoms with Gasteiger partial charge in [-0.2, -0.15) is 0 Å². The number of Topliss-reactive ketones (excluding diaryl/α,β-unsaturated/α-hetero) is 1. The predicted octanol–water partition coefficient (Wildman–Crippen LogP) is 4.07. The molecule has 2 fully saturated rings. The molecule has 4 atom stereocenters. The van der Waals surface area contributed by atoms with Crippen molar-refractivity contribution in [2.75, 3.05) is 17.2 Å². The fourth-order valence-electron chi connectivity index (χ4n) is 7.26. The summed E-state index contributed by atoms with van der Waals surface area (Å²) >= 11 is 1.40. The molecule has 4 aliphatic rings. The summed E-state index contributed by atoms with van der Waals surface area (Å²) in [6.07, 6.45) is 1.66. The zero-order valence-electron chi connectivity index (χ0n) is 18.6. The average molecular weight is 470 g/mol. The number of carbonyl (C=O) groups is 3. The van der Waals surface area contributed by atoms with E-state index in [0.29, 0.717) is 17.1 Å². The van der Waals surface area contributed by atoms with Gasteiger partial charge in [-0.1, -0.05) is 42.0 Å². The number of hydrogen-bond acceptors (Lipinski definition) is 5. The first kappa shape index (κ1) is 20.1. The second kappa shape index (κ2) is 6.64. The molecule has 2 amide bonds. The molecule has 2 spiro atoms. The number of para-hydroxylation sites is 1. The molecule has 0 unspecified atom stereocenters. The number of fused-ring (bicyclic) bond motifs is 7. The minimum absolute atomic E-state index is 0.0514. The summed E-state index contributed by atoms with van der Waals surface area (Å²) in [4.78, 5) is 45.6. The molecule has 4 aliphatic heterocycles. The molecule has 7 heteroatoms. The van der Waals surface area contributed by atoms with Crippen molar-refractivity contribution in [3.63, 3.8) is 0 Å². The van der Waals surface area contributed by atoms with Crippen molar-refractivity contribution in [3.05, 3.63) is 81.5 Å². The Bertz CT molecular complexity index is 1400. The Morgan fingerprint density at radius 2 is 1.79 bits per heavy atom. The number of nitrogens with one attached hydrogen (secondary N) is 2. The summed E-state index contributed by atoms with van der Waals surface area (Å²) in [6, 6.07) is 17.0. The van der Waals surface area contributed by atoms with Gasteiger partial charge in [-0.05, 0) is 55.5 Å². The first-order valence-corrected chi connectivity index (χ1v) is 12.6. The highest BCUT2D eigenvalue weighted by atomic mass is 32.1. The zero-order valence-corrected chi connectivity index (χ0v) is 19.4. The van der Waals surface area contributed by atoms with Crippen LogP contribution in [0.2, 0.25) is 0 Å². The molecule has 2 N–H and O–H groups in total. The standard InChI is InChI=1S/C27H23N3O3S/c1-15-10-11-19-17(14-15)27(25(33)29-19)26(16-6-2-3-7-18(16)28-24(26)32)22(20-8-4-12-30(20)27)23(31)21-9-5-13-34-21/h2-3,5-7,9-11,13-14,20,22H,4,8,12H2,1H3,(H,28,32)(H,29,33)/t20-,22+,26+,27-/m1/s1. The highest BCUT2D eigenvalue weighted by molar-refractivity contribution is 7.12. The van der Waals surface area contributed by atoms with E-state index in [1.807, 2.05) is 66.9 Å². The Balaban J connectivity index is 1.62. The lowest BCUT2D eigenvalue weighted by molar-refractivity contribution is -0.137. The SMILES string of the molecule is Cc1ccc2c(c1)[C@]1(C(=O)N2)N2CCC[C@@H]2[C@@H](C(=O)c2cccs2)[C@@]12C(=O)Nc1ccccc12. The second-order valence-corrected chi connectivity index (χ2v) is 10.7. The van der Waals surface area contributed by atoms with Crippen LogP contribution in [0.1, 0.15) is 39.2 Å². The van der Waals surface area contributed by atoms with Gasteiger partial charge in [-0.15, -0.1) is 11.3 Å². The van der Waals surface area contributed by atoms with Crippen LogP contribution in [0, 0.1) is 12.8 Å². The summed E-state index contributed by atoms with van der Waals surface area (Å²) in [5, 5.41) is 8.06. The highest BCUT2D eigenvalue weighted by Gasteiger charge is 2.81. The number of aryl methyl sites for hydroxylation is 1. The minimum Gasteiger partial charge on any atom is -0.325 e. The molecule has 2 aromatic carbocycles. The van der Waals surface area contributed by atoms with Gasteiger partial charge in [0, 0.05) is 23.0 Å². The maximum Gasteiger partial charge on any atom is 0.251 e. The third-order valence-corrected chi connectivity index (χ3v) is 9.18. The first-order chi connectivity index (χ1) is 16.5. The Kier molecular flexibility index (Phi) is 3.93. The molecule has 5 heterocycles. The van der Waals surface area contributed by atoms with Crippen LogP contribution >= 0.6 is 11.3 Å². The lowest BCUT2D eigenvalue weighted by Crippen LogP contribution is -2.62. The summed E-state index contributed by atoms with van der Waals surface area (Å²) < 4.78 is 0. The Hall–Kier alpha value is -3.29. The van der Waals surface area contributed by atoms with Gasteiger partial charge < -0.3 is 10.6 Å². The van der Waals surface area contributed by atoms with E-state index in [9.17, 15) is 14.4 Å². The van der Waals surface area contributed by atoms with Crippen LogP contribution in [0.3, 0.4) is 0 Å². The van der Waals surface area contributed by atoms with E-state index in [2.05, 4.69) is 15.5 Å². The zero-order chi connectivity index (χ0) is 23.2. The van der Waals surface area contributed by atoms with Crippen LogP contribution in [0.15, 0.2) is 60.0 Å². The summed E-state index contributed by atoms with van der Waals surface area (Å²) in [6.45, 7) is 2.66. The van der Waals surface area contributed by atoms with Crippen molar-refractivity contribution in [1.82, 2.24) is 4.90 Å². The van der Waals surface area contributed by atoms with E-state index in [0.717, 1.165) is 35.2 Å². The third-order valence-electron chi connectivity index (χ3n) is 8.30. The van der Waals surface area contributed by atoms with Gasteiger partial charge in [0.05, 0.1) is 10.8 Å². The van der Waals surface area contributed by atoms with E-state index >= 15 is 0 Å². The van der Waals surface area contributed by atoms with Gasteiger partial charge in [-0.3, -0.25) is 19.3 Å². The molecule has 0 saturated carbocycles. The fraction of sp³-hybridized carbons (Fsp3) is 0.296.